The molecule has 3 rings (SSSR count). The molecule has 3 atom stereocenters. The van der Waals surface area contributed by atoms with Crippen LogP contribution in [0.5, 0.6) is 11.5 Å². The largest absolute Gasteiger partial charge is 0.485 e. The van der Waals surface area contributed by atoms with Gasteiger partial charge in [-0.1, -0.05) is 12.1 Å². The smallest absolute Gasteiger partial charge is 0.264 e. The zero-order valence-electron chi connectivity index (χ0n) is 12.0. The monoisotopic (exact) mass is 312 g/mol. The first-order valence-corrected chi connectivity index (χ1v) is 7.16. The lowest BCUT2D eigenvalue weighted by Crippen LogP contribution is -2.55. The average molecular weight is 313 g/mol. The van der Waals surface area contributed by atoms with Crippen LogP contribution in [0.4, 0.5) is 0 Å². The highest BCUT2D eigenvalue weighted by atomic mass is 35.5. The van der Waals surface area contributed by atoms with Gasteiger partial charge in [0.2, 0.25) is 6.10 Å². The number of ether oxygens (including phenoxy) is 2. The van der Waals surface area contributed by atoms with E-state index in [0.29, 0.717) is 17.5 Å². The molecule has 2 aliphatic rings. The van der Waals surface area contributed by atoms with Crippen LogP contribution in [0, 0.1) is 0 Å². The van der Waals surface area contributed by atoms with Gasteiger partial charge >= 0.3 is 0 Å². The summed E-state index contributed by atoms with van der Waals surface area (Å²) in [6.45, 7) is 3.37. The first-order chi connectivity index (χ1) is 9.74. The number of para-hydroxylation sites is 2. The van der Waals surface area contributed by atoms with Crippen molar-refractivity contribution in [1.29, 1.82) is 0 Å². The van der Waals surface area contributed by atoms with Crippen molar-refractivity contribution in [2.45, 2.75) is 38.0 Å². The maximum absolute atomic E-state index is 12.3. The molecule has 2 aliphatic heterocycles. The molecule has 21 heavy (non-hydrogen) atoms. The Kier molecular flexibility index (Phi) is 5.31. The minimum Gasteiger partial charge on any atom is -0.485 e. The summed E-state index contributed by atoms with van der Waals surface area (Å²) >= 11 is 0. The molecule has 0 saturated carbocycles. The minimum atomic E-state index is -0.570. The van der Waals surface area contributed by atoms with Gasteiger partial charge in [-0.2, -0.15) is 0 Å². The van der Waals surface area contributed by atoms with Crippen LogP contribution < -0.4 is 20.1 Å². The number of rotatable bonds is 2. The van der Waals surface area contributed by atoms with E-state index in [9.17, 15) is 4.79 Å². The van der Waals surface area contributed by atoms with Gasteiger partial charge in [0, 0.05) is 12.1 Å². The van der Waals surface area contributed by atoms with E-state index >= 15 is 0 Å². The van der Waals surface area contributed by atoms with E-state index in [0.717, 1.165) is 19.4 Å². The van der Waals surface area contributed by atoms with Crippen LogP contribution in [-0.2, 0) is 4.79 Å². The van der Waals surface area contributed by atoms with Crippen molar-refractivity contribution in [2.75, 3.05) is 13.2 Å². The first-order valence-electron chi connectivity index (χ1n) is 7.16. The van der Waals surface area contributed by atoms with E-state index < -0.39 is 6.10 Å². The van der Waals surface area contributed by atoms with Gasteiger partial charge in [0.25, 0.3) is 5.91 Å². The predicted molar refractivity (Wildman–Crippen MR) is 82.2 cm³/mol. The van der Waals surface area contributed by atoms with Crippen molar-refractivity contribution in [3.63, 3.8) is 0 Å². The number of piperidine rings is 1. The van der Waals surface area contributed by atoms with Gasteiger partial charge in [-0.3, -0.25) is 4.79 Å². The van der Waals surface area contributed by atoms with Crippen LogP contribution in [0.15, 0.2) is 24.3 Å². The molecular weight excluding hydrogens is 292 g/mol. The number of hydrogen-bond donors (Lipinski definition) is 2. The number of benzene rings is 1. The van der Waals surface area contributed by atoms with Gasteiger partial charge in [0.05, 0.1) is 0 Å². The Morgan fingerprint density at radius 1 is 1.33 bits per heavy atom. The standard InChI is InChI=1S/C15H20N2O3.ClH/c1-10-11(5-4-8-16-10)17-15(18)14-9-19-12-6-2-3-7-13(12)20-14;/h2-3,6-7,10-11,14,16H,4-5,8-9H2,1H3,(H,17,18);1H. The van der Waals surface area contributed by atoms with Gasteiger partial charge in [-0.25, -0.2) is 0 Å². The van der Waals surface area contributed by atoms with Gasteiger partial charge in [0.1, 0.15) is 6.61 Å². The van der Waals surface area contributed by atoms with E-state index in [1.54, 1.807) is 0 Å². The van der Waals surface area contributed by atoms with Crippen molar-refractivity contribution in [3.05, 3.63) is 24.3 Å². The van der Waals surface area contributed by atoms with Crippen LogP contribution in [0.3, 0.4) is 0 Å². The van der Waals surface area contributed by atoms with Crippen LogP contribution in [0.2, 0.25) is 0 Å². The number of carbonyl (C=O) groups excluding carboxylic acids is 1. The quantitative estimate of drug-likeness (QED) is 0.869. The molecule has 1 aromatic rings. The third kappa shape index (κ3) is 3.60. The second kappa shape index (κ2) is 7.00. The molecule has 1 saturated heterocycles. The second-order valence-electron chi connectivity index (χ2n) is 5.36. The van der Waals surface area contributed by atoms with E-state index in [1.807, 2.05) is 24.3 Å². The summed E-state index contributed by atoms with van der Waals surface area (Å²) in [7, 11) is 0. The van der Waals surface area contributed by atoms with E-state index in [1.165, 1.54) is 0 Å². The Labute approximate surface area is 130 Å². The zero-order valence-corrected chi connectivity index (χ0v) is 12.8. The molecule has 1 aromatic carbocycles. The highest BCUT2D eigenvalue weighted by Gasteiger charge is 2.30. The lowest BCUT2D eigenvalue weighted by molar-refractivity contribution is -0.131. The highest BCUT2D eigenvalue weighted by molar-refractivity contribution is 5.85. The van der Waals surface area contributed by atoms with Crippen molar-refractivity contribution in [2.24, 2.45) is 0 Å². The number of halogens is 1. The zero-order chi connectivity index (χ0) is 13.9. The Balaban J connectivity index is 0.00000161. The molecular formula is C15H21ClN2O3. The molecule has 2 N–H and O–H groups in total. The summed E-state index contributed by atoms with van der Waals surface area (Å²) < 4.78 is 11.3. The van der Waals surface area contributed by atoms with Crippen LogP contribution in [-0.4, -0.2) is 37.2 Å². The summed E-state index contributed by atoms with van der Waals surface area (Å²) in [5.74, 6) is 1.23. The fourth-order valence-corrected chi connectivity index (χ4v) is 2.67. The number of nitrogens with one attached hydrogen (secondary N) is 2. The normalized spacial score (nSPS) is 27.4. The summed E-state index contributed by atoms with van der Waals surface area (Å²) in [5, 5.41) is 6.43. The first kappa shape index (κ1) is 15.9. The molecule has 2 heterocycles. The maximum Gasteiger partial charge on any atom is 0.264 e. The lowest BCUT2D eigenvalue weighted by atomic mass is 9.99. The van der Waals surface area contributed by atoms with Crippen molar-refractivity contribution < 1.29 is 14.3 Å². The molecule has 0 aromatic heterocycles. The molecule has 6 heteroatoms. The SMILES string of the molecule is CC1NCCCC1NC(=O)C1COc2ccccc2O1.Cl. The summed E-state index contributed by atoms with van der Waals surface area (Å²) in [6.07, 6.45) is 1.52. The Morgan fingerprint density at radius 3 is 2.86 bits per heavy atom. The summed E-state index contributed by atoms with van der Waals surface area (Å²) in [4.78, 5) is 12.3. The fourth-order valence-electron chi connectivity index (χ4n) is 2.67. The highest BCUT2D eigenvalue weighted by Crippen LogP contribution is 2.30. The Bertz CT molecular complexity index is 498. The van der Waals surface area contributed by atoms with Gasteiger partial charge in [0.15, 0.2) is 11.5 Å². The summed E-state index contributed by atoms with van der Waals surface area (Å²) in [5.41, 5.74) is 0. The van der Waals surface area contributed by atoms with E-state index in [4.69, 9.17) is 9.47 Å². The van der Waals surface area contributed by atoms with Crippen molar-refractivity contribution in [3.8, 4) is 11.5 Å². The molecule has 0 aliphatic carbocycles. The third-order valence-electron chi connectivity index (χ3n) is 3.89. The van der Waals surface area contributed by atoms with Crippen LogP contribution in [0.25, 0.3) is 0 Å². The van der Waals surface area contributed by atoms with E-state index in [2.05, 4.69) is 17.6 Å². The van der Waals surface area contributed by atoms with Crippen molar-refractivity contribution >= 4 is 18.3 Å². The van der Waals surface area contributed by atoms with Gasteiger partial charge < -0.3 is 20.1 Å². The molecule has 5 nitrogen and oxygen atoms in total. The number of hydrogen-bond acceptors (Lipinski definition) is 4. The molecule has 1 fully saturated rings. The topological polar surface area (TPSA) is 59.6 Å². The van der Waals surface area contributed by atoms with Crippen LogP contribution >= 0.6 is 12.4 Å². The molecule has 1 amide bonds. The fraction of sp³-hybridized carbons (Fsp3) is 0.533. The third-order valence-corrected chi connectivity index (χ3v) is 3.89. The number of fused-ring (bicyclic) bond motifs is 1. The van der Waals surface area contributed by atoms with E-state index in [-0.39, 0.29) is 31.0 Å². The average Bonchev–Trinajstić information content (AvgIpc) is 2.49. The maximum atomic E-state index is 12.3. The molecule has 116 valence electrons. The lowest BCUT2D eigenvalue weighted by Gasteiger charge is -2.32. The minimum absolute atomic E-state index is 0. The van der Waals surface area contributed by atoms with Gasteiger partial charge in [-0.05, 0) is 38.4 Å². The molecule has 0 spiro atoms. The van der Waals surface area contributed by atoms with Crippen molar-refractivity contribution in [1.82, 2.24) is 10.6 Å². The Hall–Kier alpha value is -1.46. The summed E-state index contributed by atoms with van der Waals surface area (Å²) in [6, 6.07) is 7.88. The molecule has 0 bridgehead atoms. The second-order valence-corrected chi connectivity index (χ2v) is 5.36. The molecule has 0 radical (unpaired) electrons. The van der Waals surface area contributed by atoms with Crippen LogP contribution in [0.1, 0.15) is 19.8 Å². The molecule has 3 unspecified atom stereocenters. The number of carbonyl (C=O) groups is 1. The van der Waals surface area contributed by atoms with Gasteiger partial charge in [-0.15, -0.1) is 12.4 Å². The predicted octanol–water partition coefficient (Wildman–Crippen LogP) is 1.50. The Morgan fingerprint density at radius 2 is 2.10 bits per heavy atom. The number of amides is 1.